The molecule has 0 aliphatic heterocycles. The lowest BCUT2D eigenvalue weighted by atomic mass is 10.1. The van der Waals surface area contributed by atoms with E-state index in [1.54, 1.807) is 40.0 Å². The molecule has 4 aromatic rings. The molecule has 1 amide bonds. The van der Waals surface area contributed by atoms with Crippen LogP contribution in [0.1, 0.15) is 15.9 Å². The number of carbonyl (C=O) groups is 1. The Morgan fingerprint density at radius 1 is 1.22 bits per heavy atom. The third-order valence-electron chi connectivity index (χ3n) is 4.13. The SMILES string of the molecule is Cn1cc(-n2ncc3ccc(NC(=O)c4cccc(C#N)c4F)cc32)cn1. The lowest BCUT2D eigenvalue weighted by Crippen LogP contribution is -2.14. The monoisotopic (exact) mass is 360 g/mol. The Bertz CT molecular complexity index is 1220. The van der Waals surface area contributed by atoms with E-state index in [2.05, 4.69) is 15.5 Å². The summed E-state index contributed by atoms with van der Waals surface area (Å²) in [7, 11) is 1.81. The maximum Gasteiger partial charge on any atom is 0.258 e. The van der Waals surface area contributed by atoms with E-state index in [0.717, 1.165) is 16.6 Å². The van der Waals surface area contributed by atoms with Crippen LogP contribution in [0.15, 0.2) is 55.0 Å². The molecule has 132 valence electrons. The Morgan fingerprint density at radius 2 is 2.07 bits per heavy atom. The van der Waals surface area contributed by atoms with E-state index in [1.807, 2.05) is 19.3 Å². The van der Waals surface area contributed by atoms with Gasteiger partial charge in [0.15, 0.2) is 5.82 Å². The second-order valence-corrected chi connectivity index (χ2v) is 5.94. The average molecular weight is 360 g/mol. The second kappa shape index (κ2) is 6.38. The van der Waals surface area contributed by atoms with Gasteiger partial charge in [0.1, 0.15) is 11.8 Å². The van der Waals surface area contributed by atoms with Gasteiger partial charge in [-0.2, -0.15) is 15.5 Å². The predicted molar refractivity (Wildman–Crippen MR) is 96.9 cm³/mol. The molecule has 27 heavy (non-hydrogen) atoms. The van der Waals surface area contributed by atoms with E-state index in [9.17, 15) is 9.18 Å². The number of aromatic nitrogens is 4. The number of halogens is 1. The van der Waals surface area contributed by atoms with Crippen LogP contribution in [0.25, 0.3) is 16.6 Å². The number of anilines is 1. The zero-order valence-electron chi connectivity index (χ0n) is 14.2. The van der Waals surface area contributed by atoms with Crippen LogP contribution in [0.5, 0.6) is 0 Å². The number of rotatable bonds is 3. The Morgan fingerprint density at radius 3 is 2.81 bits per heavy atom. The first-order chi connectivity index (χ1) is 13.1. The first-order valence-electron chi connectivity index (χ1n) is 8.03. The molecule has 4 rings (SSSR count). The van der Waals surface area contributed by atoms with Crippen LogP contribution >= 0.6 is 0 Å². The van der Waals surface area contributed by atoms with Crippen LogP contribution in [0.4, 0.5) is 10.1 Å². The maximum atomic E-state index is 14.2. The first-order valence-corrected chi connectivity index (χ1v) is 8.03. The fourth-order valence-electron chi connectivity index (χ4n) is 2.81. The van der Waals surface area contributed by atoms with E-state index in [1.165, 1.54) is 18.2 Å². The molecule has 0 bridgehead atoms. The third-order valence-corrected chi connectivity index (χ3v) is 4.13. The quantitative estimate of drug-likeness (QED) is 0.608. The van der Waals surface area contributed by atoms with Crippen molar-refractivity contribution < 1.29 is 9.18 Å². The minimum Gasteiger partial charge on any atom is -0.322 e. The van der Waals surface area contributed by atoms with E-state index in [0.29, 0.717) is 5.69 Å². The van der Waals surface area contributed by atoms with Crippen molar-refractivity contribution in [3.63, 3.8) is 0 Å². The largest absolute Gasteiger partial charge is 0.322 e. The van der Waals surface area contributed by atoms with E-state index < -0.39 is 11.7 Å². The van der Waals surface area contributed by atoms with Crippen LogP contribution in [0.3, 0.4) is 0 Å². The molecule has 0 aliphatic rings. The van der Waals surface area contributed by atoms with E-state index >= 15 is 0 Å². The highest BCUT2D eigenvalue weighted by molar-refractivity contribution is 6.05. The van der Waals surface area contributed by atoms with Crippen LogP contribution in [0.2, 0.25) is 0 Å². The zero-order chi connectivity index (χ0) is 19.0. The molecule has 2 heterocycles. The Balaban J connectivity index is 1.69. The van der Waals surface area contributed by atoms with Crippen molar-refractivity contribution in [2.24, 2.45) is 7.05 Å². The molecule has 0 aliphatic carbocycles. The number of fused-ring (bicyclic) bond motifs is 1. The Hall–Kier alpha value is -3.99. The molecule has 2 aromatic heterocycles. The summed E-state index contributed by atoms with van der Waals surface area (Å²) in [6, 6.07) is 11.1. The molecule has 0 spiro atoms. The van der Waals surface area contributed by atoms with Gasteiger partial charge in [-0.1, -0.05) is 6.07 Å². The summed E-state index contributed by atoms with van der Waals surface area (Å²) in [6.45, 7) is 0. The standard InChI is InChI=1S/C19H13FN6O/c1-25-11-15(10-22-25)26-17-7-14(6-5-13(17)9-23-26)24-19(27)16-4-2-3-12(8-21)18(16)20/h2-7,9-11H,1H3,(H,24,27). The van der Waals surface area contributed by atoms with E-state index in [4.69, 9.17) is 5.26 Å². The minimum atomic E-state index is -0.834. The van der Waals surface area contributed by atoms with Crippen molar-refractivity contribution in [1.29, 1.82) is 5.26 Å². The summed E-state index contributed by atoms with van der Waals surface area (Å²) in [5.74, 6) is -1.46. The lowest BCUT2D eigenvalue weighted by molar-refractivity contribution is 0.102. The van der Waals surface area contributed by atoms with Gasteiger partial charge in [-0.3, -0.25) is 9.48 Å². The molecular weight excluding hydrogens is 347 g/mol. The van der Waals surface area contributed by atoms with Crippen molar-refractivity contribution in [1.82, 2.24) is 19.6 Å². The zero-order valence-corrected chi connectivity index (χ0v) is 14.2. The van der Waals surface area contributed by atoms with Gasteiger partial charge in [0.25, 0.3) is 5.91 Å². The number of nitrogens with one attached hydrogen (secondary N) is 1. The average Bonchev–Trinajstić information content (AvgIpc) is 3.27. The number of amides is 1. The summed E-state index contributed by atoms with van der Waals surface area (Å²) >= 11 is 0. The minimum absolute atomic E-state index is 0.173. The van der Waals surface area contributed by atoms with Crippen molar-refractivity contribution >= 4 is 22.5 Å². The van der Waals surface area contributed by atoms with Gasteiger partial charge in [-0.15, -0.1) is 0 Å². The number of hydrogen-bond donors (Lipinski definition) is 1. The number of nitriles is 1. The number of carbonyl (C=O) groups excluding carboxylic acids is 1. The normalized spacial score (nSPS) is 10.7. The molecule has 0 saturated carbocycles. The van der Waals surface area contributed by atoms with Crippen LogP contribution in [0, 0.1) is 17.1 Å². The maximum absolute atomic E-state index is 14.2. The molecule has 0 unspecified atom stereocenters. The number of aryl methyl sites for hydroxylation is 1. The van der Waals surface area contributed by atoms with Crippen LogP contribution in [-0.4, -0.2) is 25.5 Å². The second-order valence-electron chi connectivity index (χ2n) is 5.94. The molecular formula is C19H13FN6O. The molecule has 0 saturated heterocycles. The number of benzene rings is 2. The highest BCUT2D eigenvalue weighted by Gasteiger charge is 2.16. The summed E-state index contributed by atoms with van der Waals surface area (Å²) in [5.41, 5.74) is 1.68. The molecule has 0 fully saturated rings. The van der Waals surface area contributed by atoms with Gasteiger partial charge in [0.05, 0.1) is 35.2 Å². The summed E-state index contributed by atoms with van der Waals surface area (Å²) in [4.78, 5) is 12.4. The van der Waals surface area contributed by atoms with Crippen LogP contribution < -0.4 is 5.32 Å². The molecule has 7 nitrogen and oxygen atoms in total. The van der Waals surface area contributed by atoms with Gasteiger partial charge in [-0.05, 0) is 30.3 Å². The Labute approximate surface area is 153 Å². The van der Waals surface area contributed by atoms with Gasteiger partial charge in [0.2, 0.25) is 0 Å². The fraction of sp³-hybridized carbons (Fsp3) is 0.0526. The van der Waals surface area contributed by atoms with Gasteiger partial charge >= 0.3 is 0 Å². The molecule has 1 N–H and O–H groups in total. The van der Waals surface area contributed by atoms with Crippen molar-refractivity contribution in [2.45, 2.75) is 0 Å². The topological polar surface area (TPSA) is 88.5 Å². The smallest absolute Gasteiger partial charge is 0.258 e. The summed E-state index contributed by atoms with van der Waals surface area (Å²) < 4.78 is 17.6. The van der Waals surface area contributed by atoms with E-state index in [-0.39, 0.29) is 11.1 Å². The highest BCUT2D eigenvalue weighted by atomic mass is 19.1. The van der Waals surface area contributed by atoms with Gasteiger partial charge in [0, 0.05) is 18.1 Å². The summed E-state index contributed by atoms with van der Waals surface area (Å²) in [5, 5.41) is 20.9. The Kier molecular flexibility index (Phi) is 3.90. The lowest BCUT2D eigenvalue weighted by Gasteiger charge is -2.08. The fourth-order valence-corrected chi connectivity index (χ4v) is 2.81. The number of hydrogen-bond acceptors (Lipinski definition) is 4. The predicted octanol–water partition coefficient (Wildman–Crippen LogP) is 3.02. The van der Waals surface area contributed by atoms with Gasteiger partial charge in [-0.25, -0.2) is 9.07 Å². The number of nitrogens with zero attached hydrogens (tertiary/aromatic N) is 5. The third kappa shape index (κ3) is 2.91. The van der Waals surface area contributed by atoms with Gasteiger partial charge < -0.3 is 5.32 Å². The highest BCUT2D eigenvalue weighted by Crippen LogP contribution is 2.23. The molecule has 0 radical (unpaired) electrons. The van der Waals surface area contributed by atoms with Crippen molar-refractivity contribution in [3.8, 4) is 11.8 Å². The van der Waals surface area contributed by atoms with Crippen molar-refractivity contribution in [2.75, 3.05) is 5.32 Å². The van der Waals surface area contributed by atoms with Crippen molar-refractivity contribution in [3.05, 3.63) is 71.9 Å². The summed E-state index contributed by atoms with van der Waals surface area (Å²) in [6.07, 6.45) is 5.21. The molecule has 0 atom stereocenters. The first kappa shape index (κ1) is 16.5. The molecule has 8 heteroatoms. The molecule has 2 aromatic carbocycles. The van der Waals surface area contributed by atoms with Crippen LogP contribution in [-0.2, 0) is 7.05 Å².